The van der Waals surface area contributed by atoms with Crippen molar-refractivity contribution in [3.63, 3.8) is 0 Å². The lowest BCUT2D eigenvalue weighted by atomic mass is 10.1. The fourth-order valence-corrected chi connectivity index (χ4v) is 4.49. The number of halogens is 3. The van der Waals surface area contributed by atoms with E-state index in [0.717, 1.165) is 16.5 Å². The van der Waals surface area contributed by atoms with Crippen LogP contribution in [-0.4, -0.2) is 32.8 Å². The Morgan fingerprint density at radius 3 is 2.45 bits per heavy atom. The highest BCUT2D eigenvalue weighted by Gasteiger charge is 2.35. The van der Waals surface area contributed by atoms with E-state index in [9.17, 15) is 22.5 Å². The molecule has 0 spiro atoms. The molecule has 0 fully saturated rings. The maximum atomic E-state index is 13.4. The van der Waals surface area contributed by atoms with Crippen LogP contribution >= 0.6 is 7.60 Å². The van der Waals surface area contributed by atoms with Gasteiger partial charge < -0.3 is 14.0 Å². The van der Waals surface area contributed by atoms with Crippen LogP contribution in [-0.2, 0) is 26.0 Å². The van der Waals surface area contributed by atoms with Crippen LogP contribution in [0.15, 0.2) is 16.9 Å². The second-order valence-corrected chi connectivity index (χ2v) is 7.91. The third kappa shape index (κ3) is 3.89. The van der Waals surface area contributed by atoms with E-state index < -0.39 is 36.6 Å². The molecular weight excluding hydrogens is 414 g/mol. The van der Waals surface area contributed by atoms with Crippen molar-refractivity contribution in [1.29, 1.82) is 5.26 Å². The van der Waals surface area contributed by atoms with Crippen molar-refractivity contribution in [2.24, 2.45) is 0 Å². The van der Waals surface area contributed by atoms with E-state index in [2.05, 4.69) is 15.2 Å². The van der Waals surface area contributed by atoms with Gasteiger partial charge in [-0.2, -0.15) is 18.4 Å². The van der Waals surface area contributed by atoms with Gasteiger partial charge in [0.2, 0.25) is 5.65 Å². The molecule has 0 aliphatic carbocycles. The molecule has 3 aromatic rings. The highest BCUT2D eigenvalue weighted by Crippen LogP contribution is 2.51. The average molecular weight is 429 g/mol. The lowest BCUT2D eigenvalue weighted by Crippen LogP contribution is -2.15. The molecule has 13 heteroatoms. The molecule has 0 amide bonds. The highest BCUT2D eigenvalue weighted by atomic mass is 31.2. The van der Waals surface area contributed by atoms with E-state index >= 15 is 0 Å². The van der Waals surface area contributed by atoms with Gasteiger partial charge in [-0.05, 0) is 26.0 Å². The first-order chi connectivity index (χ1) is 13.6. The second-order valence-electron chi connectivity index (χ2n) is 5.86. The van der Waals surface area contributed by atoms with E-state index in [1.54, 1.807) is 13.8 Å². The number of nitriles is 1. The summed E-state index contributed by atoms with van der Waals surface area (Å²) in [5, 5.41) is 16.6. The van der Waals surface area contributed by atoms with Crippen LogP contribution in [0.4, 0.5) is 13.2 Å². The number of hydrogen-bond acceptors (Lipinski definition) is 7. The zero-order valence-electron chi connectivity index (χ0n) is 15.3. The number of fused-ring (bicyclic) bond motifs is 3. The van der Waals surface area contributed by atoms with Gasteiger partial charge in [0, 0.05) is 0 Å². The third-order valence-corrected chi connectivity index (χ3v) is 5.94. The van der Waals surface area contributed by atoms with Gasteiger partial charge in [0.25, 0.3) is 5.56 Å². The van der Waals surface area contributed by atoms with Crippen LogP contribution in [0.5, 0.6) is 0 Å². The van der Waals surface area contributed by atoms with Crippen molar-refractivity contribution in [3.05, 3.63) is 39.4 Å². The standard InChI is InChI=1S/C16H15F3N5O4P/c1-3-27-29(26,28-4-2)8-13-22-23-14-15(25)21-11-5-9(7-20)10(16(17,18)19)6-12(11)24(13)14/h5-6H,3-4,8H2,1-2H3,(H,21,25). The molecule has 0 saturated carbocycles. The van der Waals surface area contributed by atoms with Crippen LogP contribution in [0.25, 0.3) is 16.7 Å². The summed E-state index contributed by atoms with van der Waals surface area (Å²) in [7, 11) is -3.68. The first-order valence-corrected chi connectivity index (χ1v) is 10.2. The number of aromatic nitrogens is 4. The molecule has 1 aromatic carbocycles. The maximum absolute atomic E-state index is 13.4. The monoisotopic (exact) mass is 429 g/mol. The van der Waals surface area contributed by atoms with Crippen LogP contribution in [0.1, 0.15) is 30.8 Å². The number of hydrogen-bond donors (Lipinski definition) is 1. The lowest BCUT2D eigenvalue weighted by Gasteiger charge is -2.16. The van der Waals surface area contributed by atoms with Crippen molar-refractivity contribution < 1.29 is 26.8 Å². The maximum Gasteiger partial charge on any atom is 0.417 e. The summed E-state index contributed by atoms with van der Waals surface area (Å²) < 4.78 is 64.5. The van der Waals surface area contributed by atoms with E-state index in [-0.39, 0.29) is 35.7 Å². The molecule has 0 saturated heterocycles. The Morgan fingerprint density at radius 2 is 1.90 bits per heavy atom. The third-order valence-electron chi connectivity index (χ3n) is 3.97. The van der Waals surface area contributed by atoms with E-state index in [0.29, 0.717) is 0 Å². The number of nitrogens with zero attached hydrogens (tertiary/aromatic N) is 4. The fraction of sp³-hybridized carbons (Fsp3) is 0.375. The van der Waals surface area contributed by atoms with Crippen LogP contribution in [0.2, 0.25) is 0 Å². The smallest absolute Gasteiger partial charge is 0.317 e. The molecule has 2 aromatic heterocycles. The Balaban J connectivity index is 2.33. The van der Waals surface area contributed by atoms with Gasteiger partial charge in [-0.1, -0.05) is 0 Å². The summed E-state index contributed by atoms with van der Waals surface area (Å²) in [6, 6.07) is 3.12. The molecule has 0 aliphatic heterocycles. The Bertz CT molecular complexity index is 1220. The highest BCUT2D eigenvalue weighted by molar-refractivity contribution is 7.53. The molecule has 0 aliphatic rings. The van der Waals surface area contributed by atoms with E-state index in [1.165, 1.54) is 6.07 Å². The van der Waals surface area contributed by atoms with Gasteiger partial charge in [-0.25, -0.2) is 0 Å². The normalized spacial score (nSPS) is 12.6. The van der Waals surface area contributed by atoms with Crippen molar-refractivity contribution >= 4 is 24.3 Å². The predicted octanol–water partition coefficient (Wildman–Crippen LogP) is 3.23. The molecule has 0 unspecified atom stereocenters. The topological polar surface area (TPSA) is 122 Å². The molecule has 3 rings (SSSR count). The number of H-pyrrole nitrogens is 1. The molecule has 2 heterocycles. The minimum Gasteiger partial charge on any atom is -0.317 e. The molecule has 9 nitrogen and oxygen atoms in total. The molecule has 1 N–H and O–H groups in total. The number of alkyl halides is 3. The Kier molecular flexibility index (Phi) is 5.49. The Morgan fingerprint density at radius 1 is 1.24 bits per heavy atom. The first kappa shape index (κ1) is 21.0. The first-order valence-electron chi connectivity index (χ1n) is 8.43. The van der Waals surface area contributed by atoms with Gasteiger partial charge >= 0.3 is 13.8 Å². The molecule has 0 atom stereocenters. The van der Waals surface area contributed by atoms with Crippen molar-refractivity contribution in [3.8, 4) is 6.07 Å². The number of nitrogens with one attached hydrogen (secondary N) is 1. The fourth-order valence-electron chi connectivity index (χ4n) is 2.89. The van der Waals surface area contributed by atoms with Crippen LogP contribution in [0.3, 0.4) is 0 Å². The zero-order chi connectivity index (χ0) is 21.4. The molecule has 29 heavy (non-hydrogen) atoms. The second kappa shape index (κ2) is 7.59. The summed E-state index contributed by atoms with van der Waals surface area (Å²) >= 11 is 0. The summed E-state index contributed by atoms with van der Waals surface area (Å²) in [6.07, 6.45) is -5.21. The largest absolute Gasteiger partial charge is 0.417 e. The lowest BCUT2D eigenvalue weighted by molar-refractivity contribution is -0.137. The number of aromatic amines is 1. The number of benzene rings is 1. The van der Waals surface area contributed by atoms with Crippen LogP contribution in [0, 0.1) is 11.3 Å². The van der Waals surface area contributed by atoms with Gasteiger partial charge in [-0.15, -0.1) is 10.2 Å². The molecular formula is C16H15F3N5O4P. The summed E-state index contributed by atoms with van der Waals surface area (Å²) in [5.41, 5.74) is -2.99. The van der Waals surface area contributed by atoms with Crippen LogP contribution < -0.4 is 5.56 Å². The van der Waals surface area contributed by atoms with Crippen molar-refractivity contribution in [2.75, 3.05) is 13.2 Å². The molecule has 154 valence electrons. The van der Waals surface area contributed by atoms with Gasteiger partial charge in [0.15, 0.2) is 0 Å². The Labute approximate surface area is 161 Å². The zero-order valence-corrected chi connectivity index (χ0v) is 16.2. The predicted molar refractivity (Wildman–Crippen MR) is 95.4 cm³/mol. The van der Waals surface area contributed by atoms with Gasteiger partial charge in [0.05, 0.1) is 41.4 Å². The molecule has 0 bridgehead atoms. The minimum atomic E-state index is -4.80. The van der Waals surface area contributed by atoms with E-state index in [4.69, 9.17) is 14.3 Å². The SMILES string of the molecule is CCOP(=O)(Cc1nnc2c(=O)[nH]c3cc(C#N)c(C(F)(F)F)cc3n12)OCC. The molecule has 0 radical (unpaired) electrons. The van der Waals surface area contributed by atoms with Gasteiger partial charge in [0.1, 0.15) is 12.0 Å². The summed E-state index contributed by atoms with van der Waals surface area (Å²) in [5.74, 6) is -0.0702. The van der Waals surface area contributed by atoms with Crippen molar-refractivity contribution in [1.82, 2.24) is 19.6 Å². The number of rotatable bonds is 6. The van der Waals surface area contributed by atoms with Gasteiger partial charge in [-0.3, -0.25) is 13.8 Å². The summed E-state index contributed by atoms with van der Waals surface area (Å²) in [4.78, 5) is 14.7. The van der Waals surface area contributed by atoms with E-state index in [1.807, 2.05) is 0 Å². The quantitative estimate of drug-likeness (QED) is 0.597. The minimum absolute atomic E-state index is 0.0317. The average Bonchev–Trinajstić information content (AvgIpc) is 3.04. The Hall–Kier alpha value is -2.74. The van der Waals surface area contributed by atoms with Crippen molar-refractivity contribution in [2.45, 2.75) is 26.2 Å². The summed E-state index contributed by atoms with van der Waals surface area (Å²) in [6.45, 7) is 3.34.